The summed E-state index contributed by atoms with van der Waals surface area (Å²) < 4.78 is 1.15. The SMILES string of the molecule is CC1CCCC(CNC(C)c2cccc(Br)c2)(N(C)C)C1. The fourth-order valence-electron chi connectivity index (χ4n) is 3.59. The number of halogens is 1. The summed E-state index contributed by atoms with van der Waals surface area (Å²) in [7, 11) is 4.48. The summed E-state index contributed by atoms with van der Waals surface area (Å²) >= 11 is 3.56. The lowest BCUT2D eigenvalue weighted by molar-refractivity contribution is 0.0728. The molecule has 0 heterocycles. The predicted octanol–water partition coefficient (Wildman–Crippen LogP) is 4.61. The minimum atomic E-state index is 0.317. The topological polar surface area (TPSA) is 15.3 Å². The van der Waals surface area contributed by atoms with E-state index in [4.69, 9.17) is 0 Å². The highest BCUT2D eigenvalue weighted by Gasteiger charge is 2.36. The maximum Gasteiger partial charge on any atom is 0.0330 e. The first-order valence-corrected chi connectivity index (χ1v) is 8.88. The van der Waals surface area contributed by atoms with Gasteiger partial charge in [0.25, 0.3) is 0 Å². The highest BCUT2D eigenvalue weighted by atomic mass is 79.9. The molecular formula is C18H29BrN2. The molecule has 2 nitrogen and oxygen atoms in total. The Morgan fingerprint density at radius 3 is 2.81 bits per heavy atom. The Bertz CT molecular complexity index is 460. The second kappa shape index (κ2) is 7.26. The molecule has 1 N–H and O–H groups in total. The molecular weight excluding hydrogens is 324 g/mol. The van der Waals surface area contributed by atoms with Crippen LogP contribution in [0.4, 0.5) is 0 Å². The fourth-order valence-corrected chi connectivity index (χ4v) is 4.01. The van der Waals surface area contributed by atoms with Crippen LogP contribution in [0, 0.1) is 5.92 Å². The Hall–Kier alpha value is -0.380. The van der Waals surface area contributed by atoms with Crippen LogP contribution in [-0.2, 0) is 0 Å². The zero-order chi connectivity index (χ0) is 15.5. The molecule has 1 aromatic carbocycles. The summed E-state index contributed by atoms with van der Waals surface area (Å²) in [5, 5.41) is 3.78. The van der Waals surface area contributed by atoms with E-state index in [9.17, 15) is 0 Å². The van der Waals surface area contributed by atoms with Crippen molar-refractivity contribution in [3.8, 4) is 0 Å². The van der Waals surface area contributed by atoms with Crippen LogP contribution >= 0.6 is 15.9 Å². The zero-order valence-corrected chi connectivity index (χ0v) is 15.4. The second-order valence-electron chi connectivity index (χ2n) is 6.98. The summed E-state index contributed by atoms with van der Waals surface area (Å²) in [5.41, 5.74) is 1.67. The summed E-state index contributed by atoms with van der Waals surface area (Å²) in [5.74, 6) is 0.837. The van der Waals surface area contributed by atoms with Crippen LogP contribution in [-0.4, -0.2) is 31.1 Å². The number of benzene rings is 1. The summed E-state index contributed by atoms with van der Waals surface area (Å²) in [4.78, 5) is 2.45. The van der Waals surface area contributed by atoms with Crippen LogP contribution in [0.25, 0.3) is 0 Å². The average Bonchev–Trinajstić information content (AvgIpc) is 2.44. The summed E-state index contributed by atoms with van der Waals surface area (Å²) in [6.07, 6.45) is 5.35. The highest BCUT2D eigenvalue weighted by Crippen LogP contribution is 2.35. The van der Waals surface area contributed by atoms with Gasteiger partial charge in [0, 0.05) is 22.6 Å². The molecule has 0 amide bonds. The molecule has 1 fully saturated rings. The maximum absolute atomic E-state index is 3.78. The van der Waals surface area contributed by atoms with Gasteiger partial charge in [-0.25, -0.2) is 0 Å². The molecule has 1 saturated carbocycles. The van der Waals surface area contributed by atoms with Crippen LogP contribution in [0.2, 0.25) is 0 Å². The lowest BCUT2D eigenvalue weighted by Gasteiger charge is -2.46. The van der Waals surface area contributed by atoms with Gasteiger partial charge in [-0.05, 0) is 57.5 Å². The lowest BCUT2D eigenvalue weighted by atomic mass is 9.75. The van der Waals surface area contributed by atoms with Crippen molar-refractivity contribution in [2.24, 2.45) is 5.92 Å². The van der Waals surface area contributed by atoms with Gasteiger partial charge in [-0.1, -0.05) is 47.8 Å². The molecule has 1 aliphatic carbocycles. The van der Waals surface area contributed by atoms with E-state index in [-0.39, 0.29) is 0 Å². The number of hydrogen-bond acceptors (Lipinski definition) is 2. The fraction of sp³-hybridized carbons (Fsp3) is 0.667. The highest BCUT2D eigenvalue weighted by molar-refractivity contribution is 9.10. The van der Waals surface area contributed by atoms with Gasteiger partial charge < -0.3 is 10.2 Å². The standard InChI is InChI=1S/C18H29BrN2/c1-14-7-6-10-18(12-14,21(3)4)13-20-15(2)16-8-5-9-17(19)11-16/h5,8-9,11,14-15,20H,6-7,10,12-13H2,1-4H3. The van der Waals surface area contributed by atoms with E-state index >= 15 is 0 Å². The maximum atomic E-state index is 3.78. The van der Waals surface area contributed by atoms with E-state index in [2.05, 4.69) is 78.4 Å². The number of hydrogen-bond donors (Lipinski definition) is 1. The molecule has 0 saturated heterocycles. The van der Waals surface area contributed by atoms with E-state index in [1.54, 1.807) is 0 Å². The smallest absolute Gasteiger partial charge is 0.0330 e. The van der Waals surface area contributed by atoms with Crippen molar-refractivity contribution in [1.82, 2.24) is 10.2 Å². The van der Waals surface area contributed by atoms with Gasteiger partial charge in [-0.15, -0.1) is 0 Å². The largest absolute Gasteiger partial charge is 0.308 e. The lowest BCUT2D eigenvalue weighted by Crippen LogP contribution is -2.54. The third-order valence-electron chi connectivity index (χ3n) is 5.10. The first kappa shape index (κ1) is 17.0. The van der Waals surface area contributed by atoms with Crippen LogP contribution in [0.1, 0.15) is 51.1 Å². The Morgan fingerprint density at radius 1 is 1.43 bits per heavy atom. The molecule has 1 aromatic rings. The summed E-state index contributed by atoms with van der Waals surface area (Å²) in [6.45, 7) is 5.73. The quantitative estimate of drug-likeness (QED) is 0.832. The minimum absolute atomic E-state index is 0.317. The zero-order valence-electron chi connectivity index (χ0n) is 13.8. The van der Waals surface area contributed by atoms with Gasteiger partial charge in [0.2, 0.25) is 0 Å². The first-order chi connectivity index (χ1) is 9.93. The Kier molecular flexibility index (Phi) is 5.87. The molecule has 0 aliphatic heterocycles. The Balaban J connectivity index is 2.02. The van der Waals surface area contributed by atoms with Crippen molar-refractivity contribution >= 4 is 15.9 Å². The van der Waals surface area contributed by atoms with Crippen LogP contribution in [0.3, 0.4) is 0 Å². The molecule has 0 bridgehead atoms. The van der Waals surface area contributed by atoms with Gasteiger partial charge in [0.05, 0.1) is 0 Å². The van der Waals surface area contributed by atoms with E-state index in [1.807, 2.05) is 0 Å². The average molecular weight is 353 g/mol. The molecule has 118 valence electrons. The van der Waals surface area contributed by atoms with Crippen molar-refractivity contribution in [1.29, 1.82) is 0 Å². The van der Waals surface area contributed by atoms with E-state index in [0.29, 0.717) is 11.6 Å². The molecule has 0 spiro atoms. The first-order valence-electron chi connectivity index (χ1n) is 8.09. The molecule has 3 heteroatoms. The van der Waals surface area contributed by atoms with Crippen molar-refractivity contribution in [3.05, 3.63) is 34.3 Å². The molecule has 21 heavy (non-hydrogen) atoms. The molecule has 0 aromatic heterocycles. The number of rotatable bonds is 5. The van der Waals surface area contributed by atoms with E-state index < -0.39 is 0 Å². The minimum Gasteiger partial charge on any atom is -0.308 e. The molecule has 3 atom stereocenters. The third-order valence-corrected chi connectivity index (χ3v) is 5.60. The van der Waals surface area contributed by atoms with Crippen LogP contribution < -0.4 is 5.32 Å². The normalized spacial score (nSPS) is 27.8. The van der Waals surface area contributed by atoms with Crippen molar-refractivity contribution in [3.63, 3.8) is 0 Å². The Labute approximate surface area is 138 Å². The second-order valence-corrected chi connectivity index (χ2v) is 7.89. The van der Waals surface area contributed by atoms with Gasteiger partial charge >= 0.3 is 0 Å². The van der Waals surface area contributed by atoms with Crippen molar-refractivity contribution < 1.29 is 0 Å². The number of likely N-dealkylation sites (N-methyl/N-ethyl adjacent to an activating group) is 1. The molecule has 3 unspecified atom stereocenters. The number of nitrogens with one attached hydrogen (secondary N) is 1. The predicted molar refractivity (Wildman–Crippen MR) is 94.6 cm³/mol. The van der Waals surface area contributed by atoms with E-state index in [1.165, 1.54) is 31.2 Å². The van der Waals surface area contributed by atoms with Crippen LogP contribution in [0.5, 0.6) is 0 Å². The monoisotopic (exact) mass is 352 g/mol. The van der Waals surface area contributed by atoms with Crippen LogP contribution in [0.15, 0.2) is 28.7 Å². The molecule has 0 radical (unpaired) electrons. The van der Waals surface area contributed by atoms with Gasteiger partial charge in [-0.3, -0.25) is 0 Å². The molecule has 1 aliphatic rings. The van der Waals surface area contributed by atoms with Gasteiger partial charge in [0.15, 0.2) is 0 Å². The molecule has 2 rings (SSSR count). The third kappa shape index (κ3) is 4.30. The van der Waals surface area contributed by atoms with Crippen molar-refractivity contribution in [2.45, 2.75) is 51.1 Å². The van der Waals surface area contributed by atoms with Gasteiger partial charge in [0.1, 0.15) is 0 Å². The van der Waals surface area contributed by atoms with Crippen molar-refractivity contribution in [2.75, 3.05) is 20.6 Å². The summed E-state index contributed by atoms with van der Waals surface area (Å²) in [6, 6.07) is 9.00. The van der Waals surface area contributed by atoms with Gasteiger partial charge in [-0.2, -0.15) is 0 Å². The number of nitrogens with zero attached hydrogens (tertiary/aromatic N) is 1. The van der Waals surface area contributed by atoms with E-state index in [0.717, 1.165) is 16.9 Å². The Morgan fingerprint density at radius 2 is 2.19 bits per heavy atom.